The van der Waals surface area contributed by atoms with Crippen molar-refractivity contribution in [2.45, 2.75) is 45.3 Å². The SMILES string of the molecule is CCN(CC(=O)N1CCCCC1C)CC1COc2ccccc2O1. The van der Waals surface area contributed by atoms with Gasteiger partial charge in [0, 0.05) is 19.1 Å². The Labute approximate surface area is 144 Å². The maximum Gasteiger partial charge on any atom is 0.236 e. The van der Waals surface area contributed by atoms with E-state index in [0.29, 0.717) is 25.7 Å². The Hall–Kier alpha value is -1.75. The van der Waals surface area contributed by atoms with E-state index >= 15 is 0 Å². The van der Waals surface area contributed by atoms with Crippen LogP contribution in [0.25, 0.3) is 0 Å². The second-order valence-corrected chi connectivity index (χ2v) is 6.76. The molecule has 1 saturated heterocycles. The summed E-state index contributed by atoms with van der Waals surface area (Å²) in [5.74, 6) is 1.83. The van der Waals surface area contributed by atoms with Crippen LogP contribution in [-0.4, -0.2) is 60.6 Å². The molecule has 24 heavy (non-hydrogen) atoms. The van der Waals surface area contributed by atoms with Crippen LogP contribution in [-0.2, 0) is 4.79 Å². The molecule has 1 aromatic rings. The number of likely N-dealkylation sites (tertiary alicyclic amines) is 1. The number of ether oxygens (including phenoxy) is 2. The van der Waals surface area contributed by atoms with Gasteiger partial charge >= 0.3 is 0 Å². The summed E-state index contributed by atoms with van der Waals surface area (Å²) >= 11 is 0. The van der Waals surface area contributed by atoms with Crippen LogP contribution >= 0.6 is 0 Å². The number of fused-ring (bicyclic) bond motifs is 1. The zero-order valence-electron chi connectivity index (χ0n) is 14.7. The highest BCUT2D eigenvalue weighted by Crippen LogP contribution is 2.31. The molecule has 0 saturated carbocycles. The van der Waals surface area contributed by atoms with Gasteiger partial charge in [0.2, 0.25) is 5.91 Å². The monoisotopic (exact) mass is 332 g/mol. The molecule has 0 bridgehead atoms. The molecule has 5 nitrogen and oxygen atoms in total. The van der Waals surface area contributed by atoms with Crippen molar-refractivity contribution < 1.29 is 14.3 Å². The molecule has 1 amide bonds. The summed E-state index contributed by atoms with van der Waals surface area (Å²) in [6.45, 7) is 7.67. The number of para-hydroxylation sites is 2. The van der Waals surface area contributed by atoms with Gasteiger partial charge in [-0.15, -0.1) is 0 Å². The summed E-state index contributed by atoms with van der Waals surface area (Å²) in [5, 5.41) is 0. The Morgan fingerprint density at radius 1 is 1.29 bits per heavy atom. The van der Waals surface area contributed by atoms with E-state index in [1.807, 2.05) is 29.2 Å². The van der Waals surface area contributed by atoms with Crippen molar-refractivity contribution in [3.8, 4) is 11.5 Å². The molecule has 2 aliphatic rings. The van der Waals surface area contributed by atoms with Crippen LogP contribution < -0.4 is 9.47 Å². The van der Waals surface area contributed by atoms with Gasteiger partial charge in [0.1, 0.15) is 12.7 Å². The van der Waals surface area contributed by atoms with Gasteiger partial charge in [0.15, 0.2) is 11.5 Å². The molecule has 0 N–H and O–H groups in total. The third kappa shape index (κ3) is 4.01. The summed E-state index contributed by atoms with van der Waals surface area (Å²) in [6.07, 6.45) is 3.44. The highest BCUT2D eigenvalue weighted by Gasteiger charge is 2.27. The van der Waals surface area contributed by atoms with Crippen molar-refractivity contribution in [1.29, 1.82) is 0 Å². The quantitative estimate of drug-likeness (QED) is 0.831. The van der Waals surface area contributed by atoms with Crippen molar-refractivity contribution in [1.82, 2.24) is 9.80 Å². The van der Waals surface area contributed by atoms with Gasteiger partial charge in [0.25, 0.3) is 0 Å². The number of nitrogens with zero attached hydrogens (tertiary/aromatic N) is 2. The lowest BCUT2D eigenvalue weighted by Gasteiger charge is -2.36. The molecule has 0 radical (unpaired) electrons. The fourth-order valence-corrected chi connectivity index (χ4v) is 3.50. The fraction of sp³-hybridized carbons (Fsp3) is 0.632. The second kappa shape index (κ2) is 7.88. The molecule has 2 heterocycles. The second-order valence-electron chi connectivity index (χ2n) is 6.76. The Bertz CT molecular complexity index is 563. The highest BCUT2D eigenvalue weighted by molar-refractivity contribution is 5.78. The van der Waals surface area contributed by atoms with Crippen LogP contribution in [0, 0.1) is 0 Å². The first-order valence-electron chi connectivity index (χ1n) is 9.07. The molecule has 2 atom stereocenters. The Morgan fingerprint density at radius 2 is 2.08 bits per heavy atom. The predicted molar refractivity (Wildman–Crippen MR) is 93.5 cm³/mol. The average molecular weight is 332 g/mol. The van der Waals surface area contributed by atoms with Crippen LogP contribution in [0.4, 0.5) is 0 Å². The number of carbonyl (C=O) groups excluding carboxylic acids is 1. The zero-order valence-corrected chi connectivity index (χ0v) is 14.7. The van der Waals surface area contributed by atoms with E-state index in [9.17, 15) is 4.79 Å². The summed E-state index contributed by atoms with van der Waals surface area (Å²) in [6, 6.07) is 8.11. The van der Waals surface area contributed by atoms with Gasteiger partial charge in [-0.3, -0.25) is 9.69 Å². The number of piperidine rings is 1. The lowest BCUT2D eigenvalue weighted by molar-refractivity contribution is -0.136. The van der Waals surface area contributed by atoms with E-state index in [2.05, 4.69) is 18.7 Å². The van der Waals surface area contributed by atoms with Crippen LogP contribution in [0.1, 0.15) is 33.1 Å². The minimum atomic E-state index is -0.0357. The van der Waals surface area contributed by atoms with Crippen LogP contribution in [0.5, 0.6) is 11.5 Å². The maximum absolute atomic E-state index is 12.6. The van der Waals surface area contributed by atoms with Gasteiger partial charge in [-0.05, 0) is 44.9 Å². The number of benzene rings is 1. The number of hydrogen-bond donors (Lipinski definition) is 0. The molecule has 2 unspecified atom stereocenters. The predicted octanol–water partition coefficient (Wildman–Crippen LogP) is 2.55. The number of rotatable bonds is 5. The number of carbonyl (C=O) groups is 1. The molecule has 3 rings (SSSR count). The Balaban J connectivity index is 1.54. The average Bonchev–Trinajstić information content (AvgIpc) is 2.61. The third-order valence-corrected chi connectivity index (χ3v) is 4.96. The van der Waals surface area contributed by atoms with Crippen molar-refractivity contribution in [3.05, 3.63) is 24.3 Å². The standard InChI is InChI=1S/C19H28N2O3/c1-3-20(13-19(22)21-11-7-6-8-15(21)2)12-16-14-23-17-9-4-5-10-18(17)24-16/h4-5,9-10,15-16H,3,6-8,11-14H2,1-2H3. The molecular formula is C19H28N2O3. The molecule has 1 aromatic carbocycles. The molecule has 5 heteroatoms. The molecule has 1 fully saturated rings. The molecule has 0 spiro atoms. The van der Waals surface area contributed by atoms with E-state index in [4.69, 9.17) is 9.47 Å². The van der Waals surface area contributed by atoms with Crippen molar-refractivity contribution in [3.63, 3.8) is 0 Å². The van der Waals surface area contributed by atoms with Gasteiger partial charge in [-0.25, -0.2) is 0 Å². The molecule has 2 aliphatic heterocycles. The molecule has 0 aromatic heterocycles. The lowest BCUT2D eigenvalue weighted by Crippen LogP contribution is -2.49. The van der Waals surface area contributed by atoms with Gasteiger partial charge in [-0.2, -0.15) is 0 Å². The summed E-state index contributed by atoms with van der Waals surface area (Å²) < 4.78 is 11.8. The molecule has 132 valence electrons. The highest BCUT2D eigenvalue weighted by atomic mass is 16.6. The first kappa shape index (κ1) is 17.1. The Morgan fingerprint density at radius 3 is 2.83 bits per heavy atom. The van der Waals surface area contributed by atoms with E-state index in [-0.39, 0.29) is 12.0 Å². The maximum atomic E-state index is 12.6. The third-order valence-electron chi connectivity index (χ3n) is 4.96. The largest absolute Gasteiger partial charge is 0.486 e. The molecule has 0 aliphatic carbocycles. The summed E-state index contributed by atoms with van der Waals surface area (Å²) in [7, 11) is 0. The van der Waals surface area contributed by atoms with E-state index in [1.165, 1.54) is 6.42 Å². The van der Waals surface area contributed by atoms with Crippen LogP contribution in [0.15, 0.2) is 24.3 Å². The van der Waals surface area contributed by atoms with Gasteiger partial charge in [0.05, 0.1) is 6.54 Å². The lowest BCUT2D eigenvalue weighted by atomic mass is 10.0. The van der Waals surface area contributed by atoms with Gasteiger partial charge < -0.3 is 14.4 Å². The van der Waals surface area contributed by atoms with Crippen LogP contribution in [0.2, 0.25) is 0 Å². The van der Waals surface area contributed by atoms with E-state index in [1.54, 1.807) is 0 Å². The summed E-state index contributed by atoms with van der Waals surface area (Å²) in [4.78, 5) is 16.8. The van der Waals surface area contributed by atoms with E-state index < -0.39 is 0 Å². The minimum Gasteiger partial charge on any atom is -0.486 e. The summed E-state index contributed by atoms with van der Waals surface area (Å²) in [5.41, 5.74) is 0. The first-order valence-corrected chi connectivity index (χ1v) is 9.07. The molecular weight excluding hydrogens is 304 g/mol. The minimum absolute atomic E-state index is 0.0357. The number of likely N-dealkylation sites (N-methyl/N-ethyl adjacent to an activating group) is 1. The smallest absolute Gasteiger partial charge is 0.236 e. The normalized spacial score (nSPS) is 23.4. The van der Waals surface area contributed by atoms with Crippen molar-refractivity contribution >= 4 is 5.91 Å². The number of amides is 1. The fourth-order valence-electron chi connectivity index (χ4n) is 3.50. The van der Waals surface area contributed by atoms with Crippen LogP contribution in [0.3, 0.4) is 0 Å². The van der Waals surface area contributed by atoms with Crippen molar-refractivity contribution in [2.24, 2.45) is 0 Å². The number of hydrogen-bond acceptors (Lipinski definition) is 4. The first-order chi connectivity index (χ1) is 11.7. The van der Waals surface area contributed by atoms with E-state index in [0.717, 1.165) is 37.4 Å². The Kier molecular flexibility index (Phi) is 5.61. The van der Waals surface area contributed by atoms with Gasteiger partial charge in [-0.1, -0.05) is 19.1 Å². The van der Waals surface area contributed by atoms with Crippen molar-refractivity contribution in [2.75, 3.05) is 32.8 Å². The topological polar surface area (TPSA) is 42.0 Å². The zero-order chi connectivity index (χ0) is 16.9.